The van der Waals surface area contributed by atoms with Gasteiger partial charge in [0.15, 0.2) is 0 Å². The van der Waals surface area contributed by atoms with Gasteiger partial charge >= 0.3 is 0 Å². The van der Waals surface area contributed by atoms with Gasteiger partial charge in [-0.1, -0.05) is 0 Å². The Morgan fingerprint density at radius 1 is 1.32 bits per heavy atom. The molecule has 19 heavy (non-hydrogen) atoms. The molecule has 0 saturated heterocycles. The molecule has 4 nitrogen and oxygen atoms in total. The van der Waals surface area contributed by atoms with Gasteiger partial charge in [0.1, 0.15) is 0 Å². The Balaban J connectivity index is 1.49. The van der Waals surface area contributed by atoms with E-state index < -0.39 is 0 Å². The summed E-state index contributed by atoms with van der Waals surface area (Å²) in [6, 6.07) is 4.05. The number of carbonyl (C=O) groups is 1. The van der Waals surface area contributed by atoms with Crippen LogP contribution in [0.2, 0.25) is 0 Å². The molecule has 2 fully saturated rings. The predicted molar refractivity (Wildman–Crippen MR) is 73.2 cm³/mol. The van der Waals surface area contributed by atoms with E-state index in [1.807, 2.05) is 12.1 Å². The minimum atomic E-state index is 0.0520. The highest BCUT2D eigenvalue weighted by atomic mass is 16.1. The summed E-state index contributed by atoms with van der Waals surface area (Å²) in [7, 11) is 0. The van der Waals surface area contributed by atoms with Gasteiger partial charge in [-0.3, -0.25) is 9.78 Å². The first-order valence-electron chi connectivity index (χ1n) is 7.18. The van der Waals surface area contributed by atoms with Gasteiger partial charge in [0.05, 0.1) is 5.92 Å². The molecule has 1 heterocycles. The molecule has 2 saturated carbocycles. The molecule has 1 aromatic heterocycles. The average molecular weight is 259 g/mol. The summed E-state index contributed by atoms with van der Waals surface area (Å²) in [4.78, 5) is 16.2. The third kappa shape index (κ3) is 2.50. The van der Waals surface area contributed by atoms with E-state index in [1.54, 1.807) is 12.4 Å². The Hall–Kier alpha value is -1.42. The molecule has 0 aliphatic heterocycles. The van der Waals surface area contributed by atoms with Crippen molar-refractivity contribution in [3.05, 3.63) is 30.1 Å². The summed E-state index contributed by atoms with van der Waals surface area (Å²) in [6.45, 7) is 0.684. The average Bonchev–Trinajstić information content (AvgIpc) is 3.00. The van der Waals surface area contributed by atoms with Crippen LogP contribution in [0, 0.1) is 17.8 Å². The molecule has 1 amide bonds. The van der Waals surface area contributed by atoms with Gasteiger partial charge < -0.3 is 11.1 Å². The zero-order valence-electron chi connectivity index (χ0n) is 11.1. The number of nitrogens with one attached hydrogen (secondary N) is 1. The van der Waals surface area contributed by atoms with Crippen molar-refractivity contribution < 1.29 is 4.79 Å². The summed E-state index contributed by atoms with van der Waals surface area (Å²) in [6.07, 6.45) is 7.97. The standard InChI is InChI=1S/C15H21N3O/c16-14-12-2-1-11(9-12)13(14)15(19)18-8-5-10-3-6-17-7-4-10/h3-4,6-7,11-14H,1-2,5,8-9,16H2,(H,18,19). The number of amides is 1. The second-order valence-electron chi connectivity index (χ2n) is 5.83. The fourth-order valence-corrected chi connectivity index (χ4v) is 3.72. The number of hydrogen-bond donors (Lipinski definition) is 2. The second-order valence-corrected chi connectivity index (χ2v) is 5.83. The van der Waals surface area contributed by atoms with Crippen LogP contribution >= 0.6 is 0 Å². The molecule has 3 rings (SSSR count). The summed E-state index contributed by atoms with van der Waals surface area (Å²) >= 11 is 0. The highest BCUT2D eigenvalue weighted by Gasteiger charge is 2.48. The molecule has 3 N–H and O–H groups in total. The highest BCUT2D eigenvalue weighted by Crippen LogP contribution is 2.47. The molecular formula is C15H21N3O. The van der Waals surface area contributed by atoms with Crippen molar-refractivity contribution in [3.8, 4) is 0 Å². The van der Waals surface area contributed by atoms with Crippen molar-refractivity contribution in [2.45, 2.75) is 31.7 Å². The maximum absolute atomic E-state index is 12.2. The van der Waals surface area contributed by atoms with Crippen LogP contribution in [-0.2, 0) is 11.2 Å². The molecule has 0 radical (unpaired) electrons. The first kappa shape index (κ1) is 12.6. The van der Waals surface area contributed by atoms with Crippen molar-refractivity contribution in [2.24, 2.45) is 23.5 Å². The molecule has 0 aromatic carbocycles. The van der Waals surface area contributed by atoms with Crippen LogP contribution < -0.4 is 11.1 Å². The molecule has 102 valence electrons. The van der Waals surface area contributed by atoms with E-state index >= 15 is 0 Å². The number of rotatable bonds is 4. The monoisotopic (exact) mass is 259 g/mol. The number of carbonyl (C=O) groups excluding carboxylic acids is 1. The van der Waals surface area contributed by atoms with Gasteiger partial charge in [0.2, 0.25) is 5.91 Å². The Morgan fingerprint density at radius 2 is 2.05 bits per heavy atom. The number of aromatic nitrogens is 1. The number of hydrogen-bond acceptors (Lipinski definition) is 3. The summed E-state index contributed by atoms with van der Waals surface area (Å²) < 4.78 is 0. The summed E-state index contributed by atoms with van der Waals surface area (Å²) in [5, 5.41) is 3.05. The molecular weight excluding hydrogens is 238 g/mol. The summed E-state index contributed by atoms with van der Waals surface area (Å²) in [5.74, 6) is 1.33. The van der Waals surface area contributed by atoms with Gasteiger partial charge in [-0.25, -0.2) is 0 Å². The lowest BCUT2D eigenvalue weighted by Crippen LogP contribution is -2.45. The molecule has 4 heteroatoms. The molecule has 2 aliphatic carbocycles. The number of fused-ring (bicyclic) bond motifs is 2. The van der Waals surface area contributed by atoms with Gasteiger partial charge in [-0.15, -0.1) is 0 Å². The van der Waals surface area contributed by atoms with E-state index in [0.29, 0.717) is 18.4 Å². The topological polar surface area (TPSA) is 68.0 Å². The number of nitrogens with two attached hydrogens (primary N) is 1. The van der Waals surface area contributed by atoms with Crippen LogP contribution in [0.15, 0.2) is 24.5 Å². The van der Waals surface area contributed by atoms with Crippen LogP contribution in [0.25, 0.3) is 0 Å². The van der Waals surface area contributed by atoms with Crippen LogP contribution in [0.4, 0.5) is 0 Å². The lowest BCUT2D eigenvalue weighted by atomic mass is 9.84. The van der Waals surface area contributed by atoms with Crippen molar-refractivity contribution in [2.75, 3.05) is 6.54 Å². The highest BCUT2D eigenvalue weighted by molar-refractivity contribution is 5.80. The van der Waals surface area contributed by atoms with Crippen LogP contribution in [-0.4, -0.2) is 23.5 Å². The number of nitrogens with zero attached hydrogens (tertiary/aromatic N) is 1. The third-order valence-electron chi connectivity index (χ3n) is 4.75. The van der Waals surface area contributed by atoms with Crippen molar-refractivity contribution in [1.82, 2.24) is 10.3 Å². The van der Waals surface area contributed by atoms with Crippen LogP contribution in [0.1, 0.15) is 24.8 Å². The van der Waals surface area contributed by atoms with Crippen molar-refractivity contribution in [1.29, 1.82) is 0 Å². The van der Waals surface area contributed by atoms with E-state index in [-0.39, 0.29) is 17.9 Å². The van der Waals surface area contributed by atoms with Gasteiger partial charge in [-0.2, -0.15) is 0 Å². The first-order valence-corrected chi connectivity index (χ1v) is 7.18. The Kier molecular flexibility index (Phi) is 3.51. The maximum Gasteiger partial charge on any atom is 0.224 e. The molecule has 2 bridgehead atoms. The van der Waals surface area contributed by atoms with Gasteiger partial charge in [-0.05, 0) is 55.2 Å². The normalized spacial score (nSPS) is 32.5. The zero-order chi connectivity index (χ0) is 13.2. The first-order chi connectivity index (χ1) is 9.25. The second kappa shape index (κ2) is 5.29. The fraction of sp³-hybridized carbons (Fsp3) is 0.600. The van der Waals surface area contributed by atoms with E-state index in [2.05, 4.69) is 10.3 Å². The smallest absolute Gasteiger partial charge is 0.224 e. The van der Waals surface area contributed by atoms with E-state index in [1.165, 1.54) is 18.4 Å². The Morgan fingerprint density at radius 3 is 2.74 bits per heavy atom. The molecule has 0 spiro atoms. The van der Waals surface area contributed by atoms with Gasteiger partial charge in [0, 0.05) is 25.0 Å². The quantitative estimate of drug-likeness (QED) is 0.851. The van der Waals surface area contributed by atoms with Crippen LogP contribution in [0.5, 0.6) is 0 Å². The zero-order valence-corrected chi connectivity index (χ0v) is 11.1. The third-order valence-corrected chi connectivity index (χ3v) is 4.75. The van der Waals surface area contributed by atoms with E-state index in [9.17, 15) is 4.79 Å². The fourth-order valence-electron chi connectivity index (χ4n) is 3.72. The summed E-state index contributed by atoms with van der Waals surface area (Å²) in [5.41, 5.74) is 7.38. The van der Waals surface area contributed by atoms with Gasteiger partial charge in [0.25, 0.3) is 0 Å². The minimum Gasteiger partial charge on any atom is -0.355 e. The van der Waals surface area contributed by atoms with Crippen LogP contribution in [0.3, 0.4) is 0 Å². The lowest BCUT2D eigenvalue weighted by molar-refractivity contribution is -0.127. The Bertz CT molecular complexity index is 446. The molecule has 2 aliphatic rings. The number of pyridine rings is 1. The molecule has 4 atom stereocenters. The molecule has 4 unspecified atom stereocenters. The van der Waals surface area contributed by atoms with E-state index in [0.717, 1.165) is 12.8 Å². The minimum absolute atomic E-state index is 0.0520. The largest absolute Gasteiger partial charge is 0.355 e. The SMILES string of the molecule is NC1C2CCC(C2)C1C(=O)NCCc1ccncc1. The molecule has 1 aromatic rings. The van der Waals surface area contributed by atoms with Crippen molar-refractivity contribution >= 4 is 5.91 Å². The van der Waals surface area contributed by atoms with Crippen molar-refractivity contribution in [3.63, 3.8) is 0 Å². The predicted octanol–water partition coefficient (Wildman–Crippen LogP) is 1.11. The maximum atomic E-state index is 12.2. The lowest BCUT2D eigenvalue weighted by Gasteiger charge is -2.27. The Labute approximate surface area is 113 Å². The van der Waals surface area contributed by atoms with E-state index in [4.69, 9.17) is 5.73 Å².